The van der Waals surface area contributed by atoms with Crippen molar-refractivity contribution >= 4 is 14.3 Å². The third kappa shape index (κ3) is 4.65. The Morgan fingerprint density at radius 1 is 1.28 bits per heavy atom. The van der Waals surface area contributed by atoms with Gasteiger partial charge in [-0.05, 0) is 49.7 Å². The number of allylic oxidation sites excluding steroid dienone is 2. The van der Waals surface area contributed by atoms with Gasteiger partial charge in [-0.3, -0.25) is 0 Å². The van der Waals surface area contributed by atoms with E-state index in [9.17, 15) is 10.1 Å². The topological polar surface area (TPSA) is 94.6 Å². The minimum Gasteiger partial charge on any atom is -0.544 e. The normalized spacial score (nSPS) is 17.5. The Morgan fingerprint density at radius 2 is 1.86 bits per heavy atom. The first-order chi connectivity index (χ1) is 13.4. The quantitative estimate of drug-likeness (QED) is 0.553. The van der Waals surface area contributed by atoms with Crippen molar-refractivity contribution < 1.29 is 18.7 Å². The molecule has 0 aliphatic carbocycles. The Labute approximate surface area is 174 Å². The van der Waals surface area contributed by atoms with Crippen LogP contribution in [0.4, 0.5) is 0 Å². The monoisotopic (exact) mass is 414 g/mol. The molecule has 0 saturated carbocycles. The Bertz CT molecular complexity index is 887. The number of nitriles is 1. The van der Waals surface area contributed by atoms with Gasteiger partial charge >= 0.3 is 5.97 Å². The van der Waals surface area contributed by atoms with Gasteiger partial charge in [0.15, 0.2) is 0 Å². The molecule has 156 valence electrons. The van der Waals surface area contributed by atoms with Gasteiger partial charge in [-0.1, -0.05) is 32.9 Å². The Hall–Kier alpha value is -2.72. The molecule has 1 aliphatic heterocycles. The summed E-state index contributed by atoms with van der Waals surface area (Å²) in [6.07, 6.45) is 0. The zero-order valence-corrected chi connectivity index (χ0v) is 19.3. The molecule has 0 amide bonds. The van der Waals surface area contributed by atoms with Gasteiger partial charge in [-0.2, -0.15) is 5.26 Å². The van der Waals surface area contributed by atoms with Crippen molar-refractivity contribution in [1.29, 1.82) is 5.26 Å². The number of hydrogen-bond donors (Lipinski definition) is 1. The van der Waals surface area contributed by atoms with Crippen LogP contribution >= 0.6 is 0 Å². The molecule has 0 spiro atoms. The van der Waals surface area contributed by atoms with E-state index in [0.29, 0.717) is 5.76 Å². The van der Waals surface area contributed by atoms with Crippen LogP contribution in [0.5, 0.6) is 5.75 Å². The first-order valence-corrected chi connectivity index (χ1v) is 12.6. The lowest BCUT2D eigenvalue weighted by atomic mass is 9.83. The predicted molar refractivity (Wildman–Crippen MR) is 114 cm³/mol. The van der Waals surface area contributed by atoms with Gasteiger partial charge in [-0.15, -0.1) is 0 Å². The number of esters is 1. The van der Waals surface area contributed by atoms with Crippen molar-refractivity contribution in [2.75, 3.05) is 6.61 Å². The summed E-state index contributed by atoms with van der Waals surface area (Å²) < 4.78 is 17.0. The zero-order valence-electron chi connectivity index (χ0n) is 18.3. The van der Waals surface area contributed by atoms with Crippen molar-refractivity contribution in [1.82, 2.24) is 0 Å². The van der Waals surface area contributed by atoms with E-state index in [1.807, 2.05) is 24.3 Å². The number of hydrogen-bond acceptors (Lipinski definition) is 6. The van der Waals surface area contributed by atoms with Crippen LogP contribution in [-0.4, -0.2) is 20.9 Å². The molecule has 0 fully saturated rings. The van der Waals surface area contributed by atoms with E-state index in [-0.39, 0.29) is 28.7 Å². The summed E-state index contributed by atoms with van der Waals surface area (Å²) >= 11 is 0. The number of ether oxygens (including phenoxy) is 2. The summed E-state index contributed by atoms with van der Waals surface area (Å²) in [4.78, 5) is 12.6. The minimum absolute atomic E-state index is 0.00430. The maximum Gasteiger partial charge on any atom is 0.338 e. The maximum absolute atomic E-state index is 12.6. The fraction of sp³-hybridized carbons (Fsp3) is 0.455. The molecule has 1 aromatic rings. The Balaban J connectivity index is 2.45. The van der Waals surface area contributed by atoms with Gasteiger partial charge < -0.3 is 19.6 Å². The average molecular weight is 415 g/mol. The van der Waals surface area contributed by atoms with Gasteiger partial charge in [0, 0.05) is 0 Å². The standard InChI is InChI=1S/C22H30N2O4Si/c1-8-26-21(25)18-14(2)27-20(24)17(13-23)19(18)15-9-11-16(12-10-15)28-29(6,7)22(3,4)5/h9-12,19H,8,24H2,1-7H3. The molecule has 1 aliphatic rings. The molecule has 1 heterocycles. The van der Waals surface area contributed by atoms with Crippen LogP contribution in [0.2, 0.25) is 18.1 Å². The number of rotatable bonds is 5. The molecule has 1 atom stereocenters. The van der Waals surface area contributed by atoms with E-state index in [1.54, 1.807) is 13.8 Å². The summed E-state index contributed by atoms with van der Waals surface area (Å²) in [7, 11) is -1.97. The highest BCUT2D eigenvalue weighted by Gasteiger charge is 2.39. The zero-order chi connectivity index (χ0) is 22.0. The van der Waals surface area contributed by atoms with Crippen molar-refractivity contribution in [2.24, 2.45) is 5.73 Å². The minimum atomic E-state index is -1.97. The Kier molecular flexibility index (Phi) is 6.49. The molecule has 0 saturated heterocycles. The van der Waals surface area contributed by atoms with Crippen LogP contribution < -0.4 is 10.2 Å². The van der Waals surface area contributed by atoms with Gasteiger partial charge in [0.05, 0.1) is 18.1 Å². The Morgan fingerprint density at radius 3 is 2.34 bits per heavy atom. The number of carbonyl (C=O) groups excluding carboxylic acids is 1. The van der Waals surface area contributed by atoms with Crippen molar-refractivity contribution in [2.45, 2.75) is 58.7 Å². The lowest BCUT2D eigenvalue weighted by Gasteiger charge is -2.36. The highest BCUT2D eigenvalue weighted by Crippen LogP contribution is 2.41. The predicted octanol–water partition coefficient (Wildman–Crippen LogP) is 4.72. The fourth-order valence-electron chi connectivity index (χ4n) is 2.86. The summed E-state index contributed by atoms with van der Waals surface area (Å²) in [5.74, 6) is -0.0518. The lowest BCUT2D eigenvalue weighted by molar-refractivity contribution is -0.139. The molecule has 0 bridgehead atoms. The van der Waals surface area contributed by atoms with Gasteiger partial charge in [0.25, 0.3) is 0 Å². The third-order valence-corrected chi connectivity index (χ3v) is 9.85. The average Bonchev–Trinajstić information content (AvgIpc) is 2.60. The summed E-state index contributed by atoms with van der Waals surface area (Å²) in [6.45, 7) is 14.5. The largest absolute Gasteiger partial charge is 0.544 e. The van der Waals surface area contributed by atoms with E-state index in [4.69, 9.17) is 19.6 Å². The van der Waals surface area contributed by atoms with Crippen LogP contribution in [0.15, 0.2) is 47.1 Å². The number of benzene rings is 1. The molecule has 1 aromatic carbocycles. The van der Waals surface area contributed by atoms with E-state index in [1.165, 1.54) is 0 Å². The third-order valence-electron chi connectivity index (χ3n) is 5.49. The van der Waals surface area contributed by atoms with Gasteiger partial charge in [0.1, 0.15) is 23.2 Å². The molecule has 7 heteroatoms. The lowest BCUT2D eigenvalue weighted by Crippen LogP contribution is -2.43. The summed E-state index contributed by atoms with van der Waals surface area (Å²) in [6, 6.07) is 9.54. The van der Waals surface area contributed by atoms with Gasteiger partial charge in [-0.25, -0.2) is 4.79 Å². The molecule has 6 nitrogen and oxygen atoms in total. The highest BCUT2D eigenvalue weighted by atomic mass is 28.4. The summed E-state index contributed by atoms with van der Waals surface area (Å²) in [5.41, 5.74) is 7.16. The first kappa shape index (κ1) is 22.6. The summed E-state index contributed by atoms with van der Waals surface area (Å²) in [5, 5.41) is 9.72. The maximum atomic E-state index is 12.6. The van der Waals surface area contributed by atoms with E-state index in [2.05, 4.69) is 39.9 Å². The molecule has 1 unspecified atom stereocenters. The van der Waals surface area contributed by atoms with Crippen LogP contribution in [0, 0.1) is 11.3 Å². The van der Waals surface area contributed by atoms with E-state index in [0.717, 1.165) is 11.3 Å². The molecular formula is C22H30N2O4Si. The van der Waals surface area contributed by atoms with Crippen LogP contribution in [0.1, 0.15) is 46.1 Å². The second-order valence-electron chi connectivity index (χ2n) is 8.55. The number of nitrogens with two attached hydrogens (primary N) is 1. The number of carbonyl (C=O) groups is 1. The SMILES string of the molecule is CCOC(=O)C1=C(C)OC(N)=C(C#N)C1c1ccc(O[Si](C)(C)C(C)(C)C)cc1. The second kappa shape index (κ2) is 8.33. The van der Waals surface area contributed by atoms with Gasteiger partial charge in [0.2, 0.25) is 14.2 Å². The molecule has 0 radical (unpaired) electrons. The van der Waals surface area contributed by atoms with Crippen LogP contribution in [-0.2, 0) is 14.3 Å². The van der Waals surface area contributed by atoms with Crippen molar-refractivity contribution in [3.8, 4) is 11.8 Å². The smallest absolute Gasteiger partial charge is 0.338 e. The molecule has 0 aromatic heterocycles. The second-order valence-corrected chi connectivity index (χ2v) is 13.3. The molecule has 2 N–H and O–H groups in total. The van der Waals surface area contributed by atoms with E-state index >= 15 is 0 Å². The van der Waals surface area contributed by atoms with Crippen molar-refractivity contribution in [3.05, 3.63) is 52.6 Å². The molecular weight excluding hydrogens is 384 g/mol. The van der Waals surface area contributed by atoms with E-state index < -0.39 is 20.2 Å². The van der Waals surface area contributed by atoms with Crippen molar-refractivity contribution in [3.63, 3.8) is 0 Å². The molecule has 29 heavy (non-hydrogen) atoms. The van der Waals surface area contributed by atoms with Crippen LogP contribution in [0.3, 0.4) is 0 Å². The van der Waals surface area contributed by atoms with Crippen LogP contribution in [0.25, 0.3) is 0 Å². The molecule has 2 rings (SSSR count). The highest BCUT2D eigenvalue weighted by molar-refractivity contribution is 6.74. The fourth-order valence-corrected chi connectivity index (χ4v) is 3.90. The first-order valence-electron chi connectivity index (χ1n) is 9.67. The number of nitrogens with zero attached hydrogens (tertiary/aromatic N) is 1.